The SMILES string of the molecule is CCNC(=O)c1cccc(NC(=O)c2ccc(CN3C(=O)CNC3=O)cc2)c1. The number of rotatable bonds is 6. The average molecular weight is 380 g/mol. The van der Waals surface area contributed by atoms with Crippen molar-refractivity contribution in [3.05, 3.63) is 65.2 Å². The van der Waals surface area contributed by atoms with Crippen molar-refractivity contribution in [1.29, 1.82) is 0 Å². The number of urea groups is 1. The van der Waals surface area contributed by atoms with E-state index in [2.05, 4.69) is 16.0 Å². The second-order valence-electron chi connectivity index (χ2n) is 6.23. The van der Waals surface area contributed by atoms with Crippen LogP contribution in [0.5, 0.6) is 0 Å². The minimum Gasteiger partial charge on any atom is -0.352 e. The maximum absolute atomic E-state index is 12.4. The van der Waals surface area contributed by atoms with Gasteiger partial charge in [0.2, 0.25) is 5.91 Å². The first-order chi connectivity index (χ1) is 13.5. The van der Waals surface area contributed by atoms with Crippen molar-refractivity contribution >= 4 is 29.4 Å². The summed E-state index contributed by atoms with van der Waals surface area (Å²) in [6.45, 7) is 2.52. The van der Waals surface area contributed by atoms with E-state index in [0.29, 0.717) is 23.4 Å². The molecule has 1 aliphatic heterocycles. The van der Waals surface area contributed by atoms with Crippen molar-refractivity contribution in [2.75, 3.05) is 18.4 Å². The quantitative estimate of drug-likeness (QED) is 0.664. The first-order valence-electron chi connectivity index (χ1n) is 8.84. The van der Waals surface area contributed by atoms with Crippen molar-refractivity contribution in [2.45, 2.75) is 13.5 Å². The summed E-state index contributed by atoms with van der Waals surface area (Å²) < 4.78 is 0. The smallest absolute Gasteiger partial charge is 0.324 e. The van der Waals surface area contributed by atoms with Crippen LogP contribution in [0.15, 0.2) is 48.5 Å². The van der Waals surface area contributed by atoms with E-state index in [0.717, 1.165) is 10.5 Å². The molecule has 8 nitrogen and oxygen atoms in total. The summed E-state index contributed by atoms with van der Waals surface area (Å²) in [5.41, 5.74) is 2.13. The summed E-state index contributed by atoms with van der Waals surface area (Å²) in [5.74, 6) is -0.808. The van der Waals surface area contributed by atoms with E-state index in [-0.39, 0.29) is 30.8 Å². The Labute approximate surface area is 161 Å². The Morgan fingerprint density at radius 3 is 2.43 bits per heavy atom. The van der Waals surface area contributed by atoms with Crippen LogP contribution in [-0.2, 0) is 11.3 Å². The van der Waals surface area contributed by atoms with Crippen LogP contribution < -0.4 is 16.0 Å². The van der Waals surface area contributed by atoms with E-state index in [4.69, 9.17) is 0 Å². The fourth-order valence-corrected chi connectivity index (χ4v) is 2.76. The van der Waals surface area contributed by atoms with Gasteiger partial charge in [0.25, 0.3) is 11.8 Å². The highest BCUT2D eigenvalue weighted by Gasteiger charge is 2.28. The molecule has 8 heteroatoms. The monoisotopic (exact) mass is 380 g/mol. The van der Waals surface area contributed by atoms with E-state index in [1.165, 1.54) is 0 Å². The number of carbonyl (C=O) groups excluding carboxylic acids is 4. The summed E-state index contributed by atoms with van der Waals surface area (Å²) in [6.07, 6.45) is 0. The molecule has 0 saturated carbocycles. The van der Waals surface area contributed by atoms with Gasteiger partial charge in [0.15, 0.2) is 0 Å². The average Bonchev–Trinajstić information content (AvgIpc) is 3.01. The Morgan fingerprint density at radius 2 is 1.79 bits per heavy atom. The van der Waals surface area contributed by atoms with Crippen molar-refractivity contribution in [3.63, 3.8) is 0 Å². The van der Waals surface area contributed by atoms with Gasteiger partial charge in [0.05, 0.1) is 13.1 Å². The zero-order chi connectivity index (χ0) is 20.1. The number of imide groups is 1. The Balaban J connectivity index is 1.65. The second-order valence-corrected chi connectivity index (χ2v) is 6.23. The molecule has 1 aliphatic rings. The highest BCUT2D eigenvalue weighted by Crippen LogP contribution is 2.14. The Bertz CT molecular complexity index is 908. The molecule has 2 aromatic carbocycles. The third kappa shape index (κ3) is 4.35. The van der Waals surface area contributed by atoms with Crippen LogP contribution in [-0.4, -0.2) is 41.7 Å². The molecule has 5 amide bonds. The van der Waals surface area contributed by atoms with E-state index in [1.807, 2.05) is 6.92 Å². The number of amides is 5. The lowest BCUT2D eigenvalue weighted by Gasteiger charge is -2.12. The van der Waals surface area contributed by atoms with Gasteiger partial charge < -0.3 is 16.0 Å². The standard InChI is InChI=1S/C20H20N4O4/c1-2-21-18(26)15-4-3-5-16(10-15)23-19(27)14-8-6-13(7-9-14)12-24-17(25)11-22-20(24)28/h3-10H,2,11-12H2,1H3,(H,21,26)(H,22,28)(H,23,27). The third-order valence-electron chi connectivity index (χ3n) is 4.21. The zero-order valence-corrected chi connectivity index (χ0v) is 15.3. The molecule has 0 spiro atoms. The molecule has 0 bridgehead atoms. The first-order valence-corrected chi connectivity index (χ1v) is 8.84. The highest BCUT2D eigenvalue weighted by molar-refractivity contribution is 6.05. The van der Waals surface area contributed by atoms with Gasteiger partial charge in [-0.15, -0.1) is 0 Å². The molecule has 3 N–H and O–H groups in total. The van der Waals surface area contributed by atoms with Crippen molar-refractivity contribution in [3.8, 4) is 0 Å². The number of benzene rings is 2. The van der Waals surface area contributed by atoms with Crippen LogP contribution in [0.2, 0.25) is 0 Å². The number of nitrogens with one attached hydrogen (secondary N) is 3. The van der Waals surface area contributed by atoms with Crippen molar-refractivity contribution in [2.24, 2.45) is 0 Å². The normalized spacial score (nSPS) is 13.2. The molecule has 2 aromatic rings. The molecule has 1 saturated heterocycles. The van der Waals surface area contributed by atoms with Gasteiger partial charge in [0.1, 0.15) is 0 Å². The number of hydrogen-bond donors (Lipinski definition) is 3. The van der Waals surface area contributed by atoms with Crippen LogP contribution in [0.1, 0.15) is 33.2 Å². The summed E-state index contributed by atoms with van der Waals surface area (Å²) in [7, 11) is 0. The summed E-state index contributed by atoms with van der Waals surface area (Å²) in [5, 5.41) is 7.92. The van der Waals surface area contributed by atoms with Crippen LogP contribution >= 0.6 is 0 Å². The topological polar surface area (TPSA) is 108 Å². The van der Waals surface area contributed by atoms with Gasteiger partial charge in [-0.05, 0) is 42.8 Å². The van der Waals surface area contributed by atoms with Gasteiger partial charge in [-0.2, -0.15) is 0 Å². The molecule has 3 rings (SSSR count). The fraction of sp³-hybridized carbons (Fsp3) is 0.200. The third-order valence-corrected chi connectivity index (χ3v) is 4.21. The van der Waals surface area contributed by atoms with Crippen LogP contribution in [0.25, 0.3) is 0 Å². The molecule has 28 heavy (non-hydrogen) atoms. The fourth-order valence-electron chi connectivity index (χ4n) is 2.76. The van der Waals surface area contributed by atoms with Crippen LogP contribution in [0, 0.1) is 0 Å². The lowest BCUT2D eigenvalue weighted by Crippen LogP contribution is -2.30. The van der Waals surface area contributed by atoms with E-state index >= 15 is 0 Å². The molecule has 0 aliphatic carbocycles. The Morgan fingerprint density at radius 1 is 1.04 bits per heavy atom. The maximum Gasteiger partial charge on any atom is 0.324 e. The molecule has 1 fully saturated rings. The summed E-state index contributed by atoms with van der Waals surface area (Å²) >= 11 is 0. The minimum atomic E-state index is -0.418. The molecule has 0 unspecified atom stereocenters. The molecular weight excluding hydrogens is 360 g/mol. The molecule has 0 aromatic heterocycles. The predicted octanol–water partition coefficient (Wildman–Crippen LogP) is 1.74. The number of carbonyl (C=O) groups is 4. The van der Waals surface area contributed by atoms with Gasteiger partial charge in [-0.3, -0.25) is 19.3 Å². The molecular formula is C20H20N4O4. The lowest BCUT2D eigenvalue weighted by atomic mass is 10.1. The second kappa shape index (κ2) is 8.34. The Hall–Kier alpha value is -3.68. The molecule has 0 atom stereocenters. The number of anilines is 1. The van der Waals surface area contributed by atoms with E-state index < -0.39 is 6.03 Å². The Kier molecular flexibility index (Phi) is 5.69. The molecule has 1 heterocycles. The lowest BCUT2D eigenvalue weighted by molar-refractivity contribution is -0.125. The van der Waals surface area contributed by atoms with Gasteiger partial charge in [0, 0.05) is 23.4 Å². The molecule has 144 valence electrons. The number of nitrogens with zero attached hydrogens (tertiary/aromatic N) is 1. The van der Waals surface area contributed by atoms with Crippen molar-refractivity contribution in [1.82, 2.24) is 15.5 Å². The zero-order valence-electron chi connectivity index (χ0n) is 15.3. The van der Waals surface area contributed by atoms with Crippen molar-refractivity contribution < 1.29 is 19.2 Å². The summed E-state index contributed by atoms with van der Waals surface area (Å²) in [6, 6.07) is 12.9. The largest absolute Gasteiger partial charge is 0.352 e. The van der Waals surface area contributed by atoms with E-state index in [1.54, 1.807) is 48.5 Å². The van der Waals surface area contributed by atoms with Gasteiger partial charge in [-0.25, -0.2) is 4.79 Å². The highest BCUT2D eigenvalue weighted by atomic mass is 16.2. The van der Waals surface area contributed by atoms with Gasteiger partial charge in [-0.1, -0.05) is 18.2 Å². The van der Waals surface area contributed by atoms with Crippen LogP contribution in [0.3, 0.4) is 0 Å². The van der Waals surface area contributed by atoms with E-state index in [9.17, 15) is 19.2 Å². The minimum absolute atomic E-state index is 0.00860. The van der Waals surface area contributed by atoms with Crippen LogP contribution in [0.4, 0.5) is 10.5 Å². The summed E-state index contributed by atoms with van der Waals surface area (Å²) in [4.78, 5) is 48.7. The molecule has 0 radical (unpaired) electrons. The number of hydrogen-bond acceptors (Lipinski definition) is 4. The maximum atomic E-state index is 12.4. The van der Waals surface area contributed by atoms with Gasteiger partial charge >= 0.3 is 6.03 Å². The first kappa shape index (κ1) is 19.1. The predicted molar refractivity (Wildman–Crippen MR) is 103 cm³/mol.